The molecule has 1 rings (SSSR count). The van der Waals surface area contributed by atoms with Crippen LogP contribution in [0.15, 0.2) is 22.7 Å². The van der Waals surface area contributed by atoms with Crippen LogP contribution in [0.2, 0.25) is 5.02 Å². The van der Waals surface area contributed by atoms with Crippen molar-refractivity contribution >= 4 is 39.9 Å². The molecule has 0 spiro atoms. The van der Waals surface area contributed by atoms with E-state index < -0.39 is 0 Å². The van der Waals surface area contributed by atoms with Gasteiger partial charge in [-0.15, -0.1) is 12.4 Å². The summed E-state index contributed by atoms with van der Waals surface area (Å²) >= 11 is 9.31. The van der Waals surface area contributed by atoms with E-state index in [2.05, 4.69) is 29.8 Å². The summed E-state index contributed by atoms with van der Waals surface area (Å²) in [4.78, 5) is 0. The maximum absolute atomic E-state index is 6.10. The lowest BCUT2D eigenvalue weighted by Gasteiger charge is -2.19. The molecule has 0 amide bonds. The van der Waals surface area contributed by atoms with Gasteiger partial charge in [-0.05, 0) is 39.5 Å². The molecule has 2 N–H and O–H groups in total. The quantitative estimate of drug-likeness (QED) is 0.869. The van der Waals surface area contributed by atoms with Crippen molar-refractivity contribution in [3.63, 3.8) is 0 Å². The van der Waals surface area contributed by atoms with Crippen LogP contribution < -0.4 is 5.73 Å². The number of benzene rings is 1. The van der Waals surface area contributed by atoms with Gasteiger partial charge < -0.3 is 5.73 Å². The molecule has 0 aliphatic carbocycles. The second-order valence-electron chi connectivity index (χ2n) is 3.58. The zero-order valence-corrected chi connectivity index (χ0v) is 12.0. The Kier molecular flexibility index (Phi) is 6.85. The van der Waals surface area contributed by atoms with Crippen LogP contribution >= 0.6 is 39.9 Å². The lowest BCUT2D eigenvalue weighted by atomic mass is 9.93. The fourth-order valence-electron chi connectivity index (χ4n) is 1.30. The Morgan fingerprint density at radius 2 is 2.07 bits per heavy atom. The molecule has 0 heterocycles. The van der Waals surface area contributed by atoms with Crippen LogP contribution in [0.5, 0.6) is 0 Å². The van der Waals surface area contributed by atoms with E-state index in [1.54, 1.807) is 0 Å². The van der Waals surface area contributed by atoms with Gasteiger partial charge in [-0.1, -0.05) is 37.9 Å². The zero-order valence-electron chi connectivity index (χ0n) is 8.84. The van der Waals surface area contributed by atoms with E-state index in [0.717, 1.165) is 21.5 Å². The molecule has 4 heteroatoms. The van der Waals surface area contributed by atoms with Gasteiger partial charge in [0.05, 0.1) is 5.02 Å². The molecule has 0 bridgehead atoms. The topological polar surface area (TPSA) is 26.0 Å². The fraction of sp³-hybridized carbons (Fsp3) is 0.455. The molecule has 0 saturated carbocycles. The van der Waals surface area contributed by atoms with Crippen LogP contribution in [0.3, 0.4) is 0 Å². The molecule has 1 aromatic rings. The minimum Gasteiger partial charge on any atom is -0.324 e. The summed E-state index contributed by atoms with van der Waals surface area (Å²) in [6.07, 6.45) is 1.08. The molecule has 1 aromatic carbocycles. The molecular weight excluding hydrogens is 297 g/mol. The minimum absolute atomic E-state index is 0. The van der Waals surface area contributed by atoms with Crippen molar-refractivity contribution < 1.29 is 0 Å². The Hall–Kier alpha value is 0.240. The molecular formula is C11H16BrCl2N. The SMILES string of the molecule is CCC(C)[C@@H](N)c1ccc(Cl)c(Br)c1.Cl. The van der Waals surface area contributed by atoms with Gasteiger partial charge in [-0.3, -0.25) is 0 Å². The summed E-state index contributed by atoms with van der Waals surface area (Å²) < 4.78 is 0.912. The van der Waals surface area contributed by atoms with Crippen molar-refractivity contribution in [1.29, 1.82) is 0 Å². The van der Waals surface area contributed by atoms with E-state index in [4.69, 9.17) is 17.3 Å². The van der Waals surface area contributed by atoms with Crippen LogP contribution in [0, 0.1) is 5.92 Å². The van der Waals surface area contributed by atoms with Gasteiger partial charge in [-0.25, -0.2) is 0 Å². The van der Waals surface area contributed by atoms with Crippen molar-refractivity contribution in [2.75, 3.05) is 0 Å². The van der Waals surface area contributed by atoms with Gasteiger partial charge in [0.1, 0.15) is 0 Å². The molecule has 86 valence electrons. The number of hydrogen-bond donors (Lipinski definition) is 1. The van der Waals surface area contributed by atoms with Crippen LogP contribution in [0.4, 0.5) is 0 Å². The highest BCUT2D eigenvalue weighted by molar-refractivity contribution is 9.10. The molecule has 1 unspecified atom stereocenters. The van der Waals surface area contributed by atoms with E-state index >= 15 is 0 Å². The molecule has 0 saturated heterocycles. The lowest BCUT2D eigenvalue weighted by Crippen LogP contribution is -2.18. The molecule has 0 radical (unpaired) electrons. The number of nitrogens with two attached hydrogens (primary N) is 1. The molecule has 0 aliphatic heterocycles. The summed E-state index contributed by atoms with van der Waals surface area (Å²) in [6, 6.07) is 5.96. The smallest absolute Gasteiger partial charge is 0.0548 e. The number of hydrogen-bond acceptors (Lipinski definition) is 1. The van der Waals surface area contributed by atoms with Crippen molar-refractivity contribution in [2.45, 2.75) is 26.3 Å². The molecule has 0 fully saturated rings. The fourth-order valence-corrected chi connectivity index (χ4v) is 1.82. The van der Waals surface area contributed by atoms with Gasteiger partial charge >= 0.3 is 0 Å². The van der Waals surface area contributed by atoms with Gasteiger partial charge in [-0.2, -0.15) is 0 Å². The van der Waals surface area contributed by atoms with E-state index in [-0.39, 0.29) is 18.4 Å². The van der Waals surface area contributed by atoms with E-state index in [9.17, 15) is 0 Å². The Morgan fingerprint density at radius 1 is 1.47 bits per heavy atom. The highest BCUT2D eigenvalue weighted by atomic mass is 79.9. The third-order valence-corrected chi connectivity index (χ3v) is 3.80. The largest absolute Gasteiger partial charge is 0.324 e. The Balaban J connectivity index is 0.00000196. The third-order valence-electron chi connectivity index (χ3n) is 2.59. The van der Waals surface area contributed by atoms with Crippen LogP contribution in [-0.2, 0) is 0 Å². The second kappa shape index (κ2) is 6.74. The second-order valence-corrected chi connectivity index (χ2v) is 4.85. The third kappa shape index (κ3) is 3.95. The summed E-state index contributed by atoms with van der Waals surface area (Å²) in [7, 11) is 0. The summed E-state index contributed by atoms with van der Waals surface area (Å²) in [6.45, 7) is 4.31. The average molecular weight is 313 g/mol. The van der Waals surface area contributed by atoms with E-state index in [1.165, 1.54) is 0 Å². The van der Waals surface area contributed by atoms with Crippen molar-refractivity contribution in [2.24, 2.45) is 11.7 Å². The number of rotatable bonds is 3. The van der Waals surface area contributed by atoms with Gasteiger partial charge in [0.25, 0.3) is 0 Å². The van der Waals surface area contributed by atoms with Crippen molar-refractivity contribution in [1.82, 2.24) is 0 Å². The first kappa shape index (κ1) is 15.2. The predicted octanol–water partition coefficient (Wildman–Crippen LogP) is 4.57. The van der Waals surface area contributed by atoms with E-state index in [1.807, 2.05) is 18.2 Å². The van der Waals surface area contributed by atoms with Crippen LogP contribution in [0.25, 0.3) is 0 Å². The summed E-state index contributed by atoms with van der Waals surface area (Å²) in [5, 5.41) is 0.727. The summed E-state index contributed by atoms with van der Waals surface area (Å²) in [5.41, 5.74) is 7.24. The Bertz CT molecular complexity index is 317. The van der Waals surface area contributed by atoms with Crippen LogP contribution in [-0.4, -0.2) is 0 Å². The zero-order chi connectivity index (χ0) is 10.7. The minimum atomic E-state index is 0. The van der Waals surface area contributed by atoms with Gasteiger partial charge in [0.2, 0.25) is 0 Å². The van der Waals surface area contributed by atoms with E-state index in [0.29, 0.717) is 5.92 Å². The first-order valence-electron chi connectivity index (χ1n) is 4.76. The summed E-state index contributed by atoms with van der Waals surface area (Å²) in [5.74, 6) is 0.489. The van der Waals surface area contributed by atoms with Crippen molar-refractivity contribution in [3.8, 4) is 0 Å². The standard InChI is InChI=1S/C11H15BrClN.ClH/c1-3-7(2)11(14)8-4-5-10(13)9(12)6-8;/h4-7,11H,3,14H2,1-2H3;1H/t7?,11-;/m1./s1. The van der Waals surface area contributed by atoms with Crippen LogP contribution in [0.1, 0.15) is 31.9 Å². The lowest BCUT2D eigenvalue weighted by molar-refractivity contribution is 0.457. The Labute approximate surface area is 111 Å². The highest BCUT2D eigenvalue weighted by Crippen LogP contribution is 2.28. The number of halogens is 3. The first-order valence-corrected chi connectivity index (χ1v) is 5.94. The van der Waals surface area contributed by atoms with Gasteiger partial charge in [0, 0.05) is 10.5 Å². The molecule has 1 nitrogen and oxygen atoms in total. The normalized spacial score (nSPS) is 14.2. The maximum atomic E-state index is 6.10. The molecule has 0 aliphatic rings. The Morgan fingerprint density at radius 3 is 2.53 bits per heavy atom. The monoisotopic (exact) mass is 311 g/mol. The first-order chi connectivity index (χ1) is 6.56. The highest BCUT2D eigenvalue weighted by Gasteiger charge is 2.13. The molecule has 0 aromatic heterocycles. The van der Waals surface area contributed by atoms with Crippen molar-refractivity contribution in [3.05, 3.63) is 33.3 Å². The predicted molar refractivity (Wildman–Crippen MR) is 72.8 cm³/mol. The molecule has 2 atom stereocenters. The van der Waals surface area contributed by atoms with Gasteiger partial charge in [0.15, 0.2) is 0 Å². The average Bonchev–Trinajstić information content (AvgIpc) is 2.20. The maximum Gasteiger partial charge on any atom is 0.0548 e. The molecule has 15 heavy (non-hydrogen) atoms.